The standard InChI is InChI=1S/C16H28/c1-2-4-6-8-10-12-14-16-15-13-11-9-7-5-3-1/h1-2,9,11H,3-8,10,12-16H2/b2-1+,11-9?. The van der Waals surface area contributed by atoms with Crippen molar-refractivity contribution in [2.24, 2.45) is 0 Å². The normalized spacial score (nSPS) is 24.0. The van der Waals surface area contributed by atoms with Crippen molar-refractivity contribution in [2.45, 2.75) is 77.0 Å². The van der Waals surface area contributed by atoms with Crippen LogP contribution in [0.5, 0.6) is 0 Å². The Hall–Kier alpha value is -0.520. The third kappa shape index (κ3) is 8.76. The van der Waals surface area contributed by atoms with Crippen molar-refractivity contribution in [1.82, 2.24) is 0 Å². The highest BCUT2D eigenvalue weighted by molar-refractivity contribution is 4.85. The van der Waals surface area contributed by atoms with E-state index >= 15 is 0 Å². The van der Waals surface area contributed by atoms with E-state index in [4.69, 9.17) is 0 Å². The molecule has 0 aromatic heterocycles. The van der Waals surface area contributed by atoms with E-state index in [2.05, 4.69) is 24.3 Å². The van der Waals surface area contributed by atoms with E-state index in [1.165, 1.54) is 77.0 Å². The fourth-order valence-electron chi connectivity index (χ4n) is 2.23. The lowest BCUT2D eigenvalue weighted by atomic mass is 10.1. The molecule has 16 heavy (non-hydrogen) atoms. The molecule has 0 spiro atoms. The van der Waals surface area contributed by atoms with Crippen LogP contribution in [0.15, 0.2) is 24.3 Å². The lowest BCUT2D eigenvalue weighted by Gasteiger charge is -2.01. The van der Waals surface area contributed by atoms with Gasteiger partial charge in [0.25, 0.3) is 0 Å². The van der Waals surface area contributed by atoms with Gasteiger partial charge in [0.2, 0.25) is 0 Å². The molecule has 0 heteroatoms. The second-order valence-corrected chi connectivity index (χ2v) is 4.93. The van der Waals surface area contributed by atoms with Crippen LogP contribution in [-0.4, -0.2) is 0 Å². The summed E-state index contributed by atoms with van der Waals surface area (Å²) in [6.07, 6.45) is 26.0. The Morgan fingerprint density at radius 1 is 0.312 bits per heavy atom. The van der Waals surface area contributed by atoms with Gasteiger partial charge < -0.3 is 0 Å². The molecular formula is C16H28. The fourth-order valence-corrected chi connectivity index (χ4v) is 2.23. The van der Waals surface area contributed by atoms with E-state index in [1.807, 2.05) is 0 Å². The Bertz CT molecular complexity index is 168. The van der Waals surface area contributed by atoms with Gasteiger partial charge in [0.1, 0.15) is 0 Å². The third-order valence-electron chi connectivity index (χ3n) is 3.32. The van der Waals surface area contributed by atoms with Crippen LogP contribution < -0.4 is 0 Å². The quantitative estimate of drug-likeness (QED) is 0.453. The zero-order chi connectivity index (χ0) is 11.3. The van der Waals surface area contributed by atoms with Crippen molar-refractivity contribution in [3.8, 4) is 0 Å². The summed E-state index contributed by atoms with van der Waals surface area (Å²) >= 11 is 0. The van der Waals surface area contributed by atoms with Crippen molar-refractivity contribution in [2.75, 3.05) is 0 Å². The lowest BCUT2D eigenvalue weighted by molar-refractivity contribution is 0.583. The molecule has 0 N–H and O–H groups in total. The van der Waals surface area contributed by atoms with Gasteiger partial charge in [-0.3, -0.25) is 0 Å². The molecule has 1 aliphatic carbocycles. The van der Waals surface area contributed by atoms with Crippen molar-refractivity contribution >= 4 is 0 Å². The Balaban J connectivity index is 2.14. The van der Waals surface area contributed by atoms with Crippen molar-refractivity contribution in [1.29, 1.82) is 0 Å². The minimum absolute atomic E-state index is 1.27. The van der Waals surface area contributed by atoms with Gasteiger partial charge in [-0.1, -0.05) is 56.4 Å². The van der Waals surface area contributed by atoms with E-state index in [0.717, 1.165) is 0 Å². The smallest absolute Gasteiger partial charge is 0.0348 e. The van der Waals surface area contributed by atoms with Crippen LogP contribution in [0.3, 0.4) is 0 Å². The second kappa shape index (κ2) is 11.0. The highest BCUT2D eigenvalue weighted by Gasteiger charge is 1.91. The fraction of sp³-hybridized carbons (Fsp3) is 0.750. The molecule has 0 saturated heterocycles. The molecule has 0 aliphatic heterocycles. The molecule has 0 aromatic carbocycles. The van der Waals surface area contributed by atoms with Crippen LogP contribution in [0.2, 0.25) is 0 Å². The molecule has 0 heterocycles. The first-order valence-electron chi connectivity index (χ1n) is 7.30. The first-order valence-corrected chi connectivity index (χ1v) is 7.30. The molecule has 0 radical (unpaired) electrons. The minimum atomic E-state index is 1.27. The van der Waals surface area contributed by atoms with E-state index < -0.39 is 0 Å². The van der Waals surface area contributed by atoms with Crippen LogP contribution in [0.25, 0.3) is 0 Å². The summed E-state index contributed by atoms with van der Waals surface area (Å²) in [6, 6.07) is 0. The Kier molecular flexibility index (Phi) is 9.30. The number of rotatable bonds is 0. The molecule has 0 nitrogen and oxygen atoms in total. The maximum absolute atomic E-state index is 2.38. The Labute approximate surface area is 102 Å². The van der Waals surface area contributed by atoms with E-state index in [1.54, 1.807) is 0 Å². The maximum atomic E-state index is 2.38. The topological polar surface area (TPSA) is 0 Å². The summed E-state index contributed by atoms with van der Waals surface area (Å²) in [5, 5.41) is 0. The third-order valence-corrected chi connectivity index (χ3v) is 3.32. The Morgan fingerprint density at radius 3 is 1.06 bits per heavy atom. The first-order chi connectivity index (χ1) is 8.00. The average molecular weight is 220 g/mol. The van der Waals surface area contributed by atoms with E-state index in [0.29, 0.717) is 0 Å². The lowest BCUT2D eigenvalue weighted by Crippen LogP contribution is -1.81. The summed E-state index contributed by atoms with van der Waals surface area (Å²) in [5.74, 6) is 0. The van der Waals surface area contributed by atoms with Gasteiger partial charge in [-0.25, -0.2) is 0 Å². The van der Waals surface area contributed by atoms with E-state index in [-0.39, 0.29) is 0 Å². The van der Waals surface area contributed by atoms with Crippen LogP contribution in [-0.2, 0) is 0 Å². The van der Waals surface area contributed by atoms with Crippen molar-refractivity contribution < 1.29 is 0 Å². The van der Waals surface area contributed by atoms with Gasteiger partial charge in [0.15, 0.2) is 0 Å². The highest BCUT2D eigenvalue weighted by Crippen LogP contribution is 2.11. The summed E-state index contributed by atoms with van der Waals surface area (Å²) in [7, 11) is 0. The molecular weight excluding hydrogens is 192 g/mol. The largest absolute Gasteiger partial charge is 0.0885 e. The summed E-state index contributed by atoms with van der Waals surface area (Å²) < 4.78 is 0. The number of allylic oxidation sites excluding steroid dienone is 4. The molecule has 0 bridgehead atoms. The highest BCUT2D eigenvalue weighted by atomic mass is 14.0. The monoisotopic (exact) mass is 220 g/mol. The summed E-state index contributed by atoms with van der Waals surface area (Å²) in [5.41, 5.74) is 0. The predicted octanol–water partition coefficient (Wildman–Crippen LogP) is 5.79. The van der Waals surface area contributed by atoms with Crippen LogP contribution in [0.4, 0.5) is 0 Å². The number of hydrogen-bond donors (Lipinski definition) is 0. The average Bonchev–Trinajstić information content (AvgIpc) is 2.29. The summed E-state index contributed by atoms with van der Waals surface area (Å²) in [4.78, 5) is 0. The zero-order valence-corrected chi connectivity index (χ0v) is 10.8. The molecule has 1 aliphatic rings. The van der Waals surface area contributed by atoms with Crippen LogP contribution in [0, 0.1) is 0 Å². The number of hydrogen-bond acceptors (Lipinski definition) is 0. The first kappa shape index (κ1) is 13.5. The molecule has 0 fully saturated rings. The molecule has 0 saturated carbocycles. The van der Waals surface area contributed by atoms with Crippen LogP contribution in [0.1, 0.15) is 77.0 Å². The minimum Gasteiger partial charge on any atom is -0.0885 e. The van der Waals surface area contributed by atoms with Gasteiger partial charge in [-0.2, -0.15) is 0 Å². The van der Waals surface area contributed by atoms with Crippen LogP contribution >= 0.6 is 0 Å². The van der Waals surface area contributed by atoms with Gasteiger partial charge in [-0.05, 0) is 44.9 Å². The van der Waals surface area contributed by atoms with Crippen molar-refractivity contribution in [3.05, 3.63) is 24.3 Å². The zero-order valence-electron chi connectivity index (χ0n) is 10.8. The second-order valence-electron chi connectivity index (χ2n) is 4.93. The maximum Gasteiger partial charge on any atom is -0.0348 e. The van der Waals surface area contributed by atoms with Gasteiger partial charge >= 0.3 is 0 Å². The predicted molar refractivity (Wildman–Crippen MR) is 73.7 cm³/mol. The SMILES string of the molecule is C1=CCCCCCCCCC/C=C/CCC1. The molecule has 0 atom stereocenters. The molecule has 0 amide bonds. The summed E-state index contributed by atoms with van der Waals surface area (Å²) in [6.45, 7) is 0. The molecule has 1 rings (SSSR count). The van der Waals surface area contributed by atoms with Gasteiger partial charge in [0, 0.05) is 0 Å². The van der Waals surface area contributed by atoms with E-state index in [9.17, 15) is 0 Å². The molecule has 0 unspecified atom stereocenters. The van der Waals surface area contributed by atoms with Gasteiger partial charge in [0.05, 0.1) is 0 Å². The van der Waals surface area contributed by atoms with Crippen molar-refractivity contribution in [3.63, 3.8) is 0 Å². The van der Waals surface area contributed by atoms with Gasteiger partial charge in [-0.15, -0.1) is 0 Å². The Morgan fingerprint density at radius 2 is 0.625 bits per heavy atom. The molecule has 92 valence electrons. The molecule has 0 aromatic rings.